The summed E-state index contributed by atoms with van der Waals surface area (Å²) in [4.78, 5) is 0. The van der Waals surface area contributed by atoms with Crippen LogP contribution in [0, 0.1) is 0 Å². The second kappa shape index (κ2) is 7.62. The smallest absolute Gasteiger partial charge is 0.143 e. The predicted octanol–water partition coefficient (Wildman–Crippen LogP) is 10.2. The van der Waals surface area contributed by atoms with Crippen LogP contribution in [-0.2, 0) is 0 Å². The summed E-state index contributed by atoms with van der Waals surface area (Å²) in [5.74, 6) is 0. The Balaban J connectivity index is 1.36. The van der Waals surface area contributed by atoms with Crippen molar-refractivity contribution < 1.29 is 19.8 Å². The Morgan fingerprint density at radius 1 is 0.487 bits per heavy atom. The maximum Gasteiger partial charge on any atom is 0.143 e. The summed E-state index contributed by atoms with van der Waals surface area (Å²) in [6, 6.07) is 21.8. The predicted molar refractivity (Wildman–Crippen MR) is 161 cm³/mol. The molecule has 0 aliphatic carbocycles. The maximum absolute atomic E-state index is 8.84. The van der Waals surface area contributed by atoms with Crippen molar-refractivity contribution in [2.24, 2.45) is 0 Å². The van der Waals surface area contributed by atoms with E-state index in [9.17, 15) is 0 Å². The van der Waals surface area contributed by atoms with Crippen LogP contribution in [0.15, 0.2) is 136 Å². The van der Waals surface area contributed by atoms with Crippen molar-refractivity contribution in [1.82, 2.24) is 4.57 Å². The summed E-state index contributed by atoms with van der Waals surface area (Å²) in [6.45, 7) is 0. The molecule has 3 nitrogen and oxygen atoms in total. The summed E-state index contributed by atoms with van der Waals surface area (Å²) >= 11 is 0. The van der Waals surface area contributed by atoms with Crippen molar-refractivity contribution >= 4 is 65.7 Å². The van der Waals surface area contributed by atoms with Crippen LogP contribution < -0.4 is 0 Å². The Labute approximate surface area is 234 Å². The Morgan fingerprint density at radius 2 is 1.05 bits per heavy atom. The van der Waals surface area contributed by atoms with E-state index in [4.69, 9.17) is 19.8 Å². The number of nitrogens with zero attached hydrogens (tertiary/aromatic N) is 1. The molecular formula is C36H21NO2. The van der Waals surface area contributed by atoms with Gasteiger partial charge in [0.2, 0.25) is 0 Å². The molecule has 0 saturated heterocycles. The van der Waals surface area contributed by atoms with Gasteiger partial charge in [0.25, 0.3) is 0 Å². The molecule has 182 valence electrons. The van der Waals surface area contributed by atoms with Gasteiger partial charge in [-0.1, -0.05) is 90.9 Å². The number of aromatic nitrogens is 1. The molecule has 0 aliphatic rings. The number of hydrogen-bond donors (Lipinski definition) is 0. The number of furan rings is 2. The molecule has 0 saturated carbocycles. The minimum atomic E-state index is -0.475. The molecule has 3 heterocycles. The standard InChI is InChI=1S/C36H21NO2/c1-4-16-31-23(9-1)24-10-2-5-17-32(24)37(31)22-19-20-34-30(21-22)29-15-8-14-28(36(29)39-34)27-13-7-12-26-25-11-3-6-18-33(25)38-35(26)27/h1-21H/i1D,2D,4D,5D,9D,10D,16D,17D. The van der Waals surface area contributed by atoms with E-state index < -0.39 is 24.2 Å². The molecule has 0 fully saturated rings. The number of rotatable bonds is 2. The molecule has 3 aromatic heterocycles. The van der Waals surface area contributed by atoms with Crippen molar-refractivity contribution in [3.8, 4) is 16.8 Å². The first-order valence-corrected chi connectivity index (χ1v) is 12.5. The van der Waals surface area contributed by atoms with E-state index in [0.717, 1.165) is 43.8 Å². The molecule has 9 rings (SSSR count). The Hall–Kier alpha value is -5.28. The highest BCUT2D eigenvalue weighted by molar-refractivity contribution is 6.15. The third-order valence-corrected chi connectivity index (χ3v) is 7.47. The van der Waals surface area contributed by atoms with Gasteiger partial charge < -0.3 is 13.4 Å². The number of para-hydroxylation sites is 5. The van der Waals surface area contributed by atoms with Crippen LogP contribution in [0.1, 0.15) is 11.0 Å². The Bertz CT molecular complexity index is 2770. The van der Waals surface area contributed by atoms with Gasteiger partial charge in [0.1, 0.15) is 22.3 Å². The molecule has 39 heavy (non-hydrogen) atoms. The fraction of sp³-hybridized carbons (Fsp3) is 0. The minimum absolute atomic E-state index is 0.0383. The largest absolute Gasteiger partial charge is 0.455 e. The van der Waals surface area contributed by atoms with Gasteiger partial charge in [-0.05, 0) is 36.4 Å². The van der Waals surface area contributed by atoms with Crippen molar-refractivity contribution in [1.29, 1.82) is 0 Å². The van der Waals surface area contributed by atoms with Gasteiger partial charge in [0, 0.05) is 49.1 Å². The zero-order chi connectivity index (χ0) is 32.5. The van der Waals surface area contributed by atoms with E-state index in [1.165, 1.54) is 4.57 Å². The SMILES string of the molecule is [2H]c1c([2H])c([2H])c2c(c1[2H])c1c([2H])c([2H])c([2H])c([2H])c1n2-c1ccc2oc3c(-c4cccc5c4oc4ccccc45)cccc3c2c1. The summed E-state index contributed by atoms with van der Waals surface area (Å²) < 4.78 is 82.8. The molecule has 0 aliphatic heterocycles. The Kier molecular flexibility index (Phi) is 2.85. The van der Waals surface area contributed by atoms with Gasteiger partial charge in [0.15, 0.2) is 0 Å². The van der Waals surface area contributed by atoms with Gasteiger partial charge in [-0.3, -0.25) is 0 Å². The molecule has 0 spiro atoms. The highest BCUT2D eigenvalue weighted by atomic mass is 16.3. The lowest BCUT2D eigenvalue weighted by atomic mass is 10.00. The van der Waals surface area contributed by atoms with E-state index in [0.29, 0.717) is 16.9 Å². The van der Waals surface area contributed by atoms with Gasteiger partial charge in [0.05, 0.1) is 22.0 Å². The van der Waals surface area contributed by atoms with Crippen LogP contribution in [0.25, 0.3) is 82.5 Å². The van der Waals surface area contributed by atoms with Gasteiger partial charge in [-0.2, -0.15) is 0 Å². The zero-order valence-corrected chi connectivity index (χ0v) is 20.3. The highest BCUT2D eigenvalue weighted by Gasteiger charge is 2.18. The molecule has 9 aromatic rings. The molecular weight excluding hydrogens is 478 g/mol. The third kappa shape index (κ3) is 2.82. The second-order valence-corrected chi connectivity index (χ2v) is 9.53. The number of fused-ring (bicyclic) bond motifs is 9. The lowest BCUT2D eigenvalue weighted by Crippen LogP contribution is -1.93. The molecule has 0 atom stereocenters. The van der Waals surface area contributed by atoms with Crippen molar-refractivity contribution in [2.75, 3.05) is 0 Å². The van der Waals surface area contributed by atoms with Crippen molar-refractivity contribution in [2.45, 2.75) is 0 Å². The van der Waals surface area contributed by atoms with Crippen LogP contribution in [0.4, 0.5) is 0 Å². The molecule has 6 aromatic carbocycles. The first-order chi connectivity index (χ1) is 22.7. The van der Waals surface area contributed by atoms with Gasteiger partial charge in [-0.25, -0.2) is 0 Å². The quantitative estimate of drug-likeness (QED) is 0.233. The molecule has 0 amide bonds. The average molecular weight is 508 g/mol. The monoisotopic (exact) mass is 507 g/mol. The summed E-state index contributed by atoms with van der Waals surface area (Å²) in [7, 11) is 0. The molecule has 0 N–H and O–H groups in total. The maximum atomic E-state index is 8.84. The van der Waals surface area contributed by atoms with E-state index in [-0.39, 0.29) is 46.0 Å². The fourth-order valence-electron chi connectivity index (χ4n) is 5.78. The molecule has 0 radical (unpaired) electrons. The highest BCUT2D eigenvalue weighted by Crippen LogP contribution is 2.42. The van der Waals surface area contributed by atoms with Gasteiger partial charge >= 0.3 is 0 Å². The van der Waals surface area contributed by atoms with Crippen LogP contribution >= 0.6 is 0 Å². The van der Waals surface area contributed by atoms with Crippen LogP contribution in [-0.4, -0.2) is 4.57 Å². The van der Waals surface area contributed by atoms with Crippen LogP contribution in [0.5, 0.6) is 0 Å². The third-order valence-electron chi connectivity index (χ3n) is 7.47. The molecule has 0 bridgehead atoms. The Morgan fingerprint density at radius 3 is 1.74 bits per heavy atom. The topological polar surface area (TPSA) is 31.2 Å². The van der Waals surface area contributed by atoms with E-state index in [2.05, 4.69) is 0 Å². The summed E-state index contributed by atoms with van der Waals surface area (Å²) in [5, 5.41) is 3.62. The number of hydrogen-bond acceptors (Lipinski definition) is 2. The molecule has 0 unspecified atom stereocenters. The summed E-state index contributed by atoms with van der Waals surface area (Å²) in [5.41, 5.74) is 5.07. The zero-order valence-electron chi connectivity index (χ0n) is 28.3. The summed E-state index contributed by atoms with van der Waals surface area (Å²) in [6.07, 6.45) is 0. The fourth-order valence-corrected chi connectivity index (χ4v) is 5.78. The lowest BCUT2D eigenvalue weighted by Gasteiger charge is -2.08. The van der Waals surface area contributed by atoms with Gasteiger partial charge in [-0.15, -0.1) is 0 Å². The average Bonchev–Trinajstić information content (AvgIpc) is 3.77. The first kappa shape index (κ1) is 14.6. The van der Waals surface area contributed by atoms with E-state index in [1.807, 2.05) is 66.7 Å². The normalized spacial score (nSPS) is 15.0. The van der Waals surface area contributed by atoms with E-state index >= 15 is 0 Å². The van der Waals surface area contributed by atoms with Crippen LogP contribution in [0.2, 0.25) is 0 Å². The second-order valence-electron chi connectivity index (χ2n) is 9.53. The van der Waals surface area contributed by atoms with E-state index in [1.54, 1.807) is 12.1 Å². The molecule has 3 heteroatoms. The van der Waals surface area contributed by atoms with Crippen molar-refractivity contribution in [3.05, 3.63) is 127 Å². The first-order valence-electron chi connectivity index (χ1n) is 16.5. The lowest BCUT2D eigenvalue weighted by molar-refractivity contribution is 0.665. The number of benzene rings is 6. The van der Waals surface area contributed by atoms with Crippen molar-refractivity contribution in [3.63, 3.8) is 0 Å². The minimum Gasteiger partial charge on any atom is -0.455 e. The van der Waals surface area contributed by atoms with Crippen LogP contribution in [0.3, 0.4) is 0 Å².